The molecule has 0 aliphatic carbocycles. The van der Waals surface area contributed by atoms with Crippen molar-refractivity contribution in [3.8, 4) is 0 Å². The van der Waals surface area contributed by atoms with E-state index in [4.69, 9.17) is 5.90 Å². The predicted octanol–water partition coefficient (Wildman–Crippen LogP) is 1.64. The monoisotopic (exact) mass is 181 g/mol. The summed E-state index contributed by atoms with van der Waals surface area (Å²) in [6.07, 6.45) is 1.16. The van der Waals surface area contributed by atoms with Crippen LogP contribution in [0, 0.1) is 0 Å². The number of rotatable bonds is 4. The van der Waals surface area contributed by atoms with E-state index in [1.165, 1.54) is 0 Å². The van der Waals surface area contributed by atoms with E-state index in [2.05, 4.69) is 4.62 Å². The Morgan fingerprint density at radius 1 is 1.55 bits per heavy atom. The minimum absolute atomic E-state index is 0.578. The van der Waals surface area contributed by atoms with Gasteiger partial charge in [-0.05, 0) is 19.8 Å². The molecule has 0 rings (SSSR count). The number of hydrogen-bond acceptors (Lipinski definition) is 3. The Balaban J connectivity index is 4.62. The van der Waals surface area contributed by atoms with Crippen LogP contribution in [0.2, 0.25) is 0 Å². The SMILES string of the molecule is CCC(C)(CC)P(=O)(O)ON. The first-order chi connectivity index (χ1) is 4.93. The van der Waals surface area contributed by atoms with Crippen LogP contribution in [0.1, 0.15) is 33.6 Å². The molecular formula is C6H16NO3P. The molecule has 0 bridgehead atoms. The lowest BCUT2D eigenvalue weighted by Gasteiger charge is -2.29. The van der Waals surface area contributed by atoms with Crippen LogP contribution in [0.5, 0.6) is 0 Å². The van der Waals surface area contributed by atoms with Crippen molar-refractivity contribution in [2.24, 2.45) is 5.90 Å². The smallest absolute Gasteiger partial charge is 0.323 e. The fraction of sp³-hybridized carbons (Fsp3) is 1.00. The third kappa shape index (κ3) is 2.03. The summed E-state index contributed by atoms with van der Waals surface area (Å²) >= 11 is 0. The molecular weight excluding hydrogens is 165 g/mol. The average molecular weight is 181 g/mol. The normalized spacial score (nSPS) is 17.9. The van der Waals surface area contributed by atoms with Crippen molar-refractivity contribution in [2.45, 2.75) is 38.8 Å². The zero-order chi connectivity index (χ0) is 9.12. The van der Waals surface area contributed by atoms with Crippen molar-refractivity contribution in [1.29, 1.82) is 0 Å². The summed E-state index contributed by atoms with van der Waals surface area (Å²) in [7, 11) is -3.62. The van der Waals surface area contributed by atoms with E-state index in [1.54, 1.807) is 6.92 Å². The van der Waals surface area contributed by atoms with Gasteiger partial charge < -0.3 is 4.89 Å². The maximum atomic E-state index is 11.3. The maximum absolute atomic E-state index is 11.3. The Morgan fingerprint density at radius 2 is 1.91 bits per heavy atom. The van der Waals surface area contributed by atoms with Crippen LogP contribution in [0.3, 0.4) is 0 Å². The third-order valence-electron chi connectivity index (χ3n) is 2.35. The molecule has 0 aromatic rings. The predicted molar refractivity (Wildman–Crippen MR) is 44.1 cm³/mol. The lowest BCUT2D eigenvalue weighted by atomic mass is 10.1. The van der Waals surface area contributed by atoms with Gasteiger partial charge in [0.15, 0.2) is 0 Å². The second kappa shape index (κ2) is 3.68. The fourth-order valence-electron chi connectivity index (χ4n) is 0.777. The first kappa shape index (κ1) is 11.1. The minimum atomic E-state index is -3.62. The van der Waals surface area contributed by atoms with E-state index >= 15 is 0 Å². The molecule has 0 spiro atoms. The summed E-state index contributed by atoms with van der Waals surface area (Å²) in [5, 5.41) is -0.707. The van der Waals surface area contributed by atoms with Crippen molar-refractivity contribution >= 4 is 7.60 Å². The quantitative estimate of drug-likeness (QED) is 0.510. The molecule has 0 aromatic heterocycles. The summed E-state index contributed by atoms with van der Waals surface area (Å²) in [6.45, 7) is 5.37. The summed E-state index contributed by atoms with van der Waals surface area (Å²) in [5.41, 5.74) is 0. The first-order valence-corrected chi connectivity index (χ1v) is 5.22. The van der Waals surface area contributed by atoms with E-state index in [1.807, 2.05) is 13.8 Å². The molecule has 0 aliphatic rings. The highest BCUT2D eigenvalue weighted by Crippen LogP contribution is 2.57. The lowest BCUT2D eigenvalue weighted by Crippen LogP contribution is -2.25. The number of hydrogen-bond donors (Lipinski definition) is 2. The van der Waals surface area contributed by atoms with Crippen molar-refractivity contribution < 1.29 is 14.1 Å². The Bertz CT molecular complexity index is 167. The van der Waals surface area contributed by atoms with Crippen molar-refractivity contribution in [1.82, 2.24) is 0 Å². The van der Waals surface area contributed by atoms with Crippen LogP contribution in [-0.2, 0) is 9.19 Å². The minimum Gasteiger partial charge on any atom is -0.323 e. The van der Waals surface area contributed by atoms with E-state index in [0.29, 0.717) is 12.8 Å². The standard InChI is InChI=1S/C6H16NO3P/c1-4-6(3,5-2)11(8,9)10-7/h4-5,7H2,1-3H3,(H,8,9). The molecule has 0 saturated heterocycles. The van der Waals surface area contributed by atoms with Crippen LogP contribution in [0.15, 0.2) is 0 Å². The molecule has 1 atom stereocenters. The Labute approximate surface area is 67.2 Å². The molecule has 1 unspecified atom stereocenters. The first-order valence-electron chi connectivity index (χ1n) is 3.65. The van der Waals surface area contributed by atoms with E-state index < -0.39 is 12.8 Å². The topological polar surface area (TPSA) is 72.5 Å². The molecule has 0 fully saturated rings. The van der Waals surface area contributed by atoms with Gasteiger partial charge >= 0.3 is 7.60 Å². The van der Waals surface area contributed by atoms with Crippen LogP contribution in [0.25, 0.3) is 0 Å². The molecule has 0 radical (unpaired) electrons. The highest BCUT2D eigenvalue weighted by Gasteiger charge is 2.41. The fourth-order valence-corrected chi connectivity index (χ4v) is 1.83. The van der Waals surface area contributed by atoms with E-state index in [0.717, 1.165) is 0 Å². The van der Waals surface area contributed by atoms with E-state index in [-0.39, 0.29) is 0 Å². The lowest BCUT2D eigenvalue weighted by molar-refractivity contribution is 0.238. The maximum Gasteiger partial charge on any atom is 0.349 e. The summed E-state index contributed by atoms with van der Waals surface area (Å²) in [4.78, 5) is 9.25. The molecule has 0 aliphatic heterocycles. The molecule has 3 N–H and O–H groups in total. The third-order valence-corrected chi connectivity index (χ3v) is 4.63. The Morgan fingerprint density at radius 3 is 2.00 bits per heavy atom. The second-order valence-corrected chi connectivity index (χ2v) is 5.16. The molecule has 0 heterocycles. The van der Waals surface area contributed by atoms with E-state index in [9.17, 15) is 9.46 Å². The van der Waals surface area contributed by atoms with Crippen LogP contribution >= 0.6 is 7.60 Å². The zero-order valence-corrected chi connectivity index (χ0v) is 8.10. The molecule has 0 saturated carbocycles. The van der Waals surface area contributed by atoms with Gasteiger partial charge in [0, 0.05) is 0 Å². The molecule has 68 valence electrons. The van der Waals surface area contributed by atoms with Gasteiger partial charge in [0.25, 0.3) is 0 Å². The Hall–Kier alpha value is 0.110. The van der Waals surface area contributed by atoms with Gasteiger partial charge in [-0.1, -0.05) is 13.8 Å². The summed E-state index contributed by atoms with van der Waals surface area (Å²) < 4.78 is 15.4. The molecule has 5 heteroatoms. The van der Waals surface area contributed by atoms with Gasteiger partial charge in [0.1, 0.15) is 0 Å². The molecule has 0 amide bonds. The Kier molecular flexibility index (Phi) is 3.71. The highest BCUT2D eigenvalue weighted by molar-refractivity contribution is 7.54. The molecule has 0 aromatic carbocycles. The van der Waals surface area contributed by atoms with Crippen LogP contribution in [0.4, 0.5) is 0 Å². The molecule has 4 nitrogen and oxygen atoms in total. The van der Waals surface area contributed by atoms with Gasteiger partial charge in [-0.3, -0.25) is 4.57 Å². The van der Waals surface area contributed by atoms with Crippen LogP contribution < -0.4 is 5.90 Å². The molecule has 11 heavy (non-hydrogen) atoms. The van der Waals surface area contributed by atoms with Crippen molar-refractivity contribution in [3.63, 3.8) is 0 Å². The van der Waals surface area contributed by atoms with Gasteiger partial charge in [-0.2, -0.15) is 0 Å². The summed E-state index contributed by atoms with van der Waals surface area (Å²) in [5.74, 6) is 4.73. The van der Waals surface area contributed by atoms with Crippen molar-refractivity contribution in [2.75, 3.05) is 0 Å². The average Bonchev–Trinajstić information content (AvgIpc) is 2.02. The van der Waals surface area contributed by atoms with Gasteiger partial charge in [0.2, 0.25) is 0 Å². The second-order valence-electron chi connectivity index (χ2n) is 2.83. The van der Waals surface area contributed by atoms with Crippen molar-refractivity contribution in [3.05, 3.63) is 0 Å². The largest absolute Gasteiger partial charge is 0.349 e. The van der Waals surface area contributed by atoms with Crippen LogP contribution in [-0.4, -0.2) is 10.0 Å². The van der Waals surface area contributed by atoms with Gasteiger partial charge in [-0.25, -0.2) is 10.5 Å². The zero-order valence-electron chi connectivity index (χ0n) is 7.20. The van der Waals surface area contributed by atoms with Gasteiger partial charge in [-0.15, -0.1) is 0 Å². The highest BCUT2D eigenvalue weighted by atomic mass is 31.2. The number of nitrogens with two attached hydrogens (primary N) is 1. The summed E-state index contributed by atoms with van der Waals surface area (Å²) in [6, 6.07) is 0. The van der Waals surface area contributed by atoms with Gasteiger partial charge in [0.05, 0.1) is 5.16 Å².